The van der Waals surface area contributed by atoms with Gasteiger partial charge in [-0.05, 0) is 26.7 Å². The molecule has 0 bridgehead atoms. The second kappa shape index (κ2) is 7.03. The van der Waals surface area contributed by atoms with E-state index < -0.39 is 0 Å². The zero-order valence-corrected chi connectivity index (χ0v) is 16.5. The van der Waals surface area contributed by atoms with E-state index in [2.05, 4.69) is 15.3 Å². The van der Waals surface area contributed by atoms with E-state index in [1.54, 1.807) is 22.7 Å². The van der Waals surface area contributed by atoms with Crippen molar-refractivity contribution in [3.8, 4) is 0 Å². The van der Waals surface area contributed by atoms with Gasteiger partial charge in [0, 0.05) is 37.5 Å². The summed E-state index contributed by atoms with van der Waals surface area (Å²) >= 11 is 3.32. The molecule has 25 heavy (non-hydrogen) atoms. The average molecular weight is 377 g/mol. The van der Waals surface area contributed by atoms with Gasteiger partial charge in [0.15, 0.2) is 5.13 Å². The minimum Gasteiger partial charge on any atom is -0.345 e. The molecule has 0 spiro atoms. The first kappa shape index (κ1) is 17.0. The van der Waals surface area contributed by atoms with Crippen LogP contribution >= 0.6 is 22.7 Å². The Morgan fingerprint density at radius 1 is 1.12 bits per heavy atom. The predicted octanol–water partition coefficient (Wildman–Crippen LogP) is 3.84. The lowest BCUT2D eigenvalue weighted by Gasteiger charge is -2.34. The van der Waals surface area contributed by atoms with E-state index in [9.17, 15) is 4.79 Å². The third kappa shape index (κ3) is 3.44. The number of rotatable bonds is 3. The summed E-state index contributed by atoms with van der Waals surface area (Å²) in [6, 6.07) is 0. The number of hydrogen-bond acceptors (Lipinski definition) is 6. The van der Waals surface area contributed by atoms with Crippen LogP contribution in [0.3, 0.4) is 0 Å². The first-order valence-electron chi connectivity index (χ1n) is 9.05. The van der Waals surface area contributed by atoms with Crippen LogP contribution in [0.5, 0.6) is 0 Å². The molecule has 1 aliphatic carbocycles. The summed E-state index contributed by atoms with van der Waals surface area (Å²) < 4.78 is 0. The van der Waals surface area contributed by atoms with Crippen LogP contribution in [0, 0.1) is 13.8 Å². The van der Waals surface area contributed by atoms with Gasteiger partial charge in [0.05, 0.1) is 16.4 Å². The molecule has 4 rings (SSSR count). The van der Waals surface area contributed by atoms with Crippen molar-refractivity contribution in [3.63, 3.8) is 0 Å². The van der Waals surface area contributed by atoms with Crippen LogP contribution < -0.4 is 4.90 Å². The molecule has 134 valence electrons. The van der Waals surface area contributed by atoms with Gasteiger partial charge in [-0.2, -0.15) is 0 Å². The fourth-order valence-electron chi connectivity index (χ4n) is 3.69. The largest absolute Gasteiger partial charge is 0.345 e. The molecule has 1 saturated heterocycles. The Bertz CT molecular complexity index is 755. The minimum absolute atomic E-state index is 0.161. The van der Waals surface area contributed by atoms with E-state index in [1.165, 1.54) is 30.7 Å². The highest BCUT2D eigenvalue weighted by Crippen LogP contribution is 2.37. The SMILES string of the molecule is Cc1csc(N2CCN(C(=O)c3sc(C4CCCC4)nc3C)CC2)n1. The van der Waals surface area contributed by atoms with Crippen LogP contribution in [0.15, 0.2) is 5.38 Å². The number of aryl methyl sites for hydroxylation is 2. The molecule has 0 N–H and O–H groups in total. The van der Waals surface area contributed by atoms with Gasteiger partial charge >= 0.3 is 0 Å². The molecular weight excluding hydrogens is 352 g/mol. The van der Waals surface area contributed by atoms with Crippen LogP contribution in [-0.4, -0.2) is 47.0 Å². The van der Waals surface area contributed by atoms with Crippen molar-refractivity contribution in [2.45, 2.75) is 45.4 Å². The Kier molecular flexibility index (Phi) is 4.78. The van der Waals surface area contributed by atoms with Gasteiger partial charge in [0.1, 0.15) is 4.88 Å². The lowest BCUT2D eigenvalue weighted by atomic mass is 10.1. The molecule has 2 aromatic rings. The number of hydrogen-bond donors (Lipinski definition) is 0. The van der Waals surface area contributed by atoms with Gasteiger partial charge in [0.2, 0.25) is 0 Å². The van der Waals surface area contributed by atoms with Crippen molar-refractivity contribution in [3.05, 3.63) is 26.7 Å². The highest BCUT2D eigenvalue weighted by molar-refractivity contribution is 7.14. The number of aromatic nitrogens is 2. The number of thiazole rings is 2. The van der Waals surface area contributed by atoms with Gasteiger partial charge in [0.25, 0.3) is 5.91 Å². The van der Waals surface area contributed by atoms with Crippen molar-refractivity contribution in [1.82, 2.24) is 14.9 Å². The van der Waals surface area contributed by atoms with E-state index >= 15 is 0 Å². The molecule has 0 atom stereocenters. The highest BCUT2D eigenvalue weighted by atomic mass is 32.1. The first-order valence-corrected chi connectivity index (χ1v) is 10.7. The van der Waals surface area contributed by atoms with Crippen LogP contribution in [0.1, 0.15) is 57.7 Å². The summed E-state index contributed by atoms with van der Waals surface area (Å²) in [7, 11) is 0. The lowest BCUT2D eigenvalue weighted by molar-refractivity contribution is 0.0750. The summed E-state index contributed by atoms with van der Waals surface area (Å²) in [4.78, 5) is 27.4. The molecule has 3 heterocycles. The van der Waals surface area contributed by atoms with Crippen molar-refractivity contribution < 1.29 is 4.79 Å². The molecule has 1 amide bonds. The van der Waals surface area contributed by atoms with Crippen molar-refractivity contribution >= 4 is 33.7 Å². The topological polar surface area (TPSA) is 49.3 Å². The van der Waals surface area contributed by atoms with Crippen molar-refractivity contribution in [2.24, 2.45) is 0 Å². The highest BCUT2D eigenvalue weighted by Gasteiger charge is 2.28. The summed E-state index contributed by atoms with van der Waals surface area (Å²) in [6.07, 6.45) is 5.05. The molecule has 2 fully saturated rings. The molecule has 5 nitrogen and oxygen atoms in total. The maximum atomic E-state index is 13.0. The number of anilines is 1. The maximum absolute atomic E-state index is 13.0. The molecule has 0 unspecified atom stereocenters. The fourth-order valence-corrected chi connectivity index (χ4v) is 5.76. The van der Waals surface area contributed by atoms with Crippen LogP contribution in [0.4, 0.5) is 5.13 Å². The Hall–Kier alpha value is -1.47. The minimum atomic E-state index is 0.161. The quantitative estimate of drug-likeness (QED) is 0.817. The Labute approximate surface area is 156 Å². The van der Waals surface area contributed by atoms with E-state index in [0.29, 0.717) is 5.92 Å². The molecule has 2 aromatic heterocycles. The molecule has 0 radical (unpaired) electrons. The number of piperazine rings is 1. The molecule has 7 heteroatoms. The molecule has 1 aliphatic heterocycles. The van der Waals surface area contributed by atoms with E-state index in [0.717, 1.165) is 47.6 Å². The van der Waals surface area contributed by atoms with E-state index in [4.69, 9.17) is 4.98 Å². The van der Waals surface area contributed by atoms with Crippen molar-refractivity contribution in [1.29, 1.82) is 0 Å². The smallest absolute Gasteiger partial charge is 0.265 e. The van der Waals surface area contributed by atoms with Gasteiger partial charge in [-0.1, -0.05) is 12.8 Å². The number of carbonyl (C=O) groups is 1. The first-order chi connectivity index (χ1) is 12.1. The standard InChI is InChI=1S/C18H24N4OS2/c1-12-11-24-18(19-12)22-9-7-21(8-10-22)17(23)15-13(2)20-16(25-15)14-5-3-4-6-14/h11,14H,3-10H2,1-2H3. The molecular formula is C18H24N4OS2. The van der Waals surface area contributed by atoms with Crippen molar-refractivity contribution in [2.75, 3.05) is 31.1 Å². The van der Waals surface area contributed by atoms with Gasteiger partial charge in [-0.25, -0.2) is 9.97 Å². The van der Waals surface area contributed by atoms with Crippen LogP contribution in [-0.2, 0) is 0 Å². The summed E-state index contributed by atoms with van der Waals surface area (Å²) in [5.74, 6) is 0.740. The summed E-state index contributed by atoms with van der Waals surface area (Å²) in [6.45, 7) is 7.23. The van der Waals surface area contributed by atoms with Crippen LogP contribution in [0.2, 0.25) is 0 Å². The average Bonchev–Trinajstić information content (AvgIpc) is 3.35. The van der Waals surface area contributed by atoms with Gasteiger partial charge in [-0.3, -0.25) is 4.79 Å². The Balaban J connectivity index is 1.42. The zero-order chi connectivity index (χ0) is 17.4. The Morgan fingerprint density at radius 3 is 2.48 bits per heavy atom. The van der Waals surface area contributed by atoms with Gasteiger partial charge < -0.3 is 9.80 Å². The second-order valence-corrected chi connectivity index (χ2v) is 8.87. The number of nitrogens with zero attached hydrogens (tertiary/aromatic N) is 4. The van der Waals surface area contributed by atoms with E-state index in [1.807, 2.05) is 18.7 Å². The van der Waals surface area contributed by atoms with E-state index in [-0.39, 0.29) is 5.91 Å². The summed E-state index contributed by atoms with van der Waals surface area (Å²) in [5, 5.41) is 4.33. The maximum Gasteiger partial charge on any atom is 0.265 e. The second-order valence-electron chi connectivity index (χ2n) is 7.00. The fraction of sp³-hybridized carbons (Fsp3) is 0.611. The van der Waals surface area contributed by atoms with Crippen LogP contribution in [0.25, 0.3) is 0 Å². The lowest BCUT2D eigenvalue weighted by Crippen LogP contribution is -2.48. The summed E-state index contributed by atoms with van der Waals surface area (Å²) in [5.41, 5.74) is 1.98. The third-order valence-electron chi connectivity index (χ3n) is 5.16. The zero-order valence-electron chi connectivity index (χ0n) is 14.8. The number of carbonyl (C=O) groups excluding carboxylic acids is 1. The molecule has 0 aromatic carbocycles. The predicted molar refractivity (Wildman–Crippen MR) is 103 cm³/mol. The Morgan fingerprint density at radius 2 is 1.84 bits per heavy atom. The van der Waals surface area contributed by atoms with Gasteiger partial charge in [-0.15, -0.1) is 22.7 Å². The third-order valence-corrected chi connectivity index (χ3v) is 7.48. The molecule has 2 aliphatic rings. The monoisotopic (exact) mass is 376 g/mol. The number of amides is 1. The molecule has 1 saturated carbocycles. The normalized spacial score (nSPS) is 19.0.